The molecule has 0 heterocycles. The second-order valence-electron chi connectivity index (χ2n) is 7.39. The van der Waals surface area contributed by atoms with Gasteiger partial charge in [0.05, 0.1) is 6.61 Å². The molecule has 0 aliphatic heterocycles. The molecule has 0 radical (unpaired) electrons. The van der Waals surface area contributed by atoms with Crippen LogP contribution in [-0.4, -0.2) is 18.6 Å². The zero-order chi connectivity index (χ0) is 16.9. The van der Waals surface area contributed by atoms with Crippen molar-refractivity contribution in [3.8, 4) is 5.75 Å². The van der Waals surface area contributed by atoms with Gasteiger partial charge >= 0.3 is 0 Å². The lowest BCUT2D eigenvalue weighted by atomic mass is 9.84. The van der Waals surface area contributed by atoms with Crippen molar-refractivity contribution in [2.45, 2.75) is 52.0 Å². The molecule has 24 heavy (non-hydrogen) atoms. The number of hydrogen-bond donors (Lipinski definition) is 1. The Bertz CT molecular complexity index is 578. The molecule has 0 spiro atoms. The van der Waals surface area contributed by atoms with Gasteiger partial charge < -0.3 is 10.1 Å². The van der Waals surface area contributed by atoms with E-state index in [4.69, 9.17) is 4.74 Å². The van der Waals surface area contributed by atoms with Gasteiger partial charge in [0.2, 0.25) is 5.91 Å². The lowest BCUT2D eigenvalue weighted by Crippen LogP contribution is -2.39. The van der Waals surface area contributed by atoms with Gasteiger partial charge in [0.25, 0.3) is 0 Å². The predicted molar refractivity (Wildman–Crippen MR) is 97.8 cm³/mol. The maximum absolute atomic E-state index is 12.2. The van der Waals surface area contributed by atoms with E-state index in [0.717, 1.165) is 36.2 Å². The Hall–Kier alpha value is -1.77. The van der Waals surface area contributed by atoms with Crippen molar-refractivity contribution in [1.29, 1.82) is 0 Å². The Labute approximate surface area is 145 Å². The summed E-state index contributed by atoms with van der Waals surface area (Å²) in [6.45, 7) is 4.99. The van der Waals surface area contributed by atoms with E-state index in [2.05, 4.69) is 19.2 Å². The molecule has 2 aliphatic carbocycles. The minimum Gasteiger partial charge on any atom is -0.494 e. The SMILES string of the molecule is CCCOc1ccc(/C=C/C(=O)NC(C)C2CC3CCC2C3)cc1. The summed E-state index contributed by atoms with van der Waals surface area (Å²) in [7, 11) is 0. The Kier molecular flexibility index (Phi) is 5.60. The third-order valence-corrected chi connectivity index (χ3v) is 5.59. The highest BCUT2D eigenvalue weighted by Crippen LogP contribution is 2.49. The van der Waals surface area contributed by atoms with Crippen LogP contribution in [0, 0.1) is 17.8 Å². The van der Waals surface area contributed by atoms with Crippen LogP contribution in [0.1, 0.15) is 51.5 Å². The highest BCUT2D eigenvalue weighted by Gasteiger charge is 2.41. The van der Waals surface area contributed by atoms with E-state index in [9.17, 15) is 4.79 Å². The van der Waals surface area contributed by atoms with Gasteiger partial charge in [-0.2, -0.15) is 0 Å². The van der Waals surface area contributed by atoms with Gasteiger partial charge in [-0.15, -0.1) is 0 Å². The summed E-state index contributed by atoms with van der Waals surface area (Å²) in [6.07, 6.45) is 9.96. The maximum Gasteiger partial charge on any atom is 0.244 e. The summed E-state index contributed by atoms with van der Waals surface area (Å²) in [4.78, 5) is 12.2. The molecule has 3 rings (SSSR count). The smallest absolute Gasteiger partial charge is 0.244 e. The molecule has 1 aromatic rings. The van der Waals surface area contributed by atoms with Gasteiger partial charge in [-0.25, -0.2) is 0 Å². The number of nitrogens with one attached hydrogen (secondary N) is 1. The van der Waals surface area contributed by atoms with Crippen molar-refractivity contribution in [1.82, 2.24) is 5.32 Å². The first-order valence-electron chi connectivity index (χ1n) is 9.37. The standard InChI is InChI=1S/C21H29NO2/c1-3-12-24-19-9-5-16(6-10-19)7-11-21(23)22-15(2)20-14-17-4-8-18(20)13-17/h5-7,9-11,15,17-18,20H,3-4,8,12-14H2,1-2H3,(H,22,23)/b11-7+. The van der Waals surface area contributed by atoms with Crippen LogP contribution in [0.2, 0.25) is 0 Å². The topological polar surface area (TPSA) is 38.3 Å². The van der Waals surface area contributed by atoms with Gasteiger partial charge in [0, 0.05) is 12.1 Å². The van der Waals surface area contributed by atoms with Crippen LogP contribution in [0.15, 0.2) is 30.3 Å². The molecule has 0 saturated heterocycles. The van der Waals surface area contributed by atoms with Crippen LogP contribution in [0.25, 0.3) is 6.08 Å². The van der Waals surface area contributed by atoms with E-state index in [1.54, 1.807) is 6.08 Å². The fourth-order valence-corrected chi connectivity index (χ4v) is 4.35. The van der Waals surface area contributed by atoms with Crippen molar-refractivity contribution in [3.05, 3.63) is 35.9 Å². The molecule has 1 aromatic carbocycles. The first-order valence-corrected chi connectivity index (χ1v) is 9.37. The molecule has 0 aromatic heterocycles. The molecule has 3 heteroatoms. The number of amides is 1. The Morgan fingerprint density at radius 3 is 2.71 bits per heavy atom. The summed E-state index contributed by atoms with van der Waals surface area (Å²) < 4.78 is 5.57. The molecular formula is C21H29NO2. The molecular weight excluding hydrogens is 298 g/mol. The molecule has 2 saturated carbocycles. The van der Waals surface area contributed by atoms with E-state index >= 15 is 0 Å². The lowest BCUT2D eigenvalue weighted by Gasteiger charge is -2.28. The summed E-state index contributed by atoms with van der Waals surface area (Å²) in [6, 6.07) is 8.14. The van der Waals surface area contributed by atoms with Gasteiger partial charge in [-0.1, -0.05) is 25.5 Å². The number of hydrogen-bond acceptors (Lipinski definition) is 2. The zero-order valence-corrected chi connectivity index (χ0v) is 14.8. The van der Waals surface area contributed by atoms with E-state index in [0.29, 0.717) is 5.92 Å². The van der Waals surface area contributed by atoms with Crippen LogP contribution in [0.4, 0.5) is 0 Å². The minimum absolute atomic E-state index is 0.0107. The largest absolute Gasteiger partial charge is 0.494 e. The van der Waals surface area contributed by atoms with Crippen LogP contribution in [-0.2, 0) is 4.79 Å². The second-order valence-corrected chi connectivity index (χ2v) is 7.39. The number of carbonyl (C=O) groups is 1. The number of benzene rings is 1. The molecule has 130 valence electrons. The number of fused-ring (bicyclic) bond motifs is 2. The van der Waals surface area contributed by atoms with E-state index in [1.165, 1.54) is 25.7 Å². The van der Waals surface area contributed by atoms with Crippen molar-refractivity contribution in [3.63, 3.8) is 0 Å². The van der Waals surface area contributed by atoms with Crippen LogP contribution in [0.3, 0.4) is 0 Å². The van der Waals surface area contributed by atoms with Crippen LogP contribution < -0.4 is 10.1 Å². The van der Waals surface area contributed by atoms with Gasteiger partial charge in [0.1, 0.15) is 5.75 Å². The summed E-state index contributed by atoms with van der Waals surface area (Å²) in [5, 5.41) is 3.17. The van der Waals surface area contributed by atoms with E-state index < -0.39 is 0 Å². The van der Waals surface area contributed by atoms with Crippen molar-refractivity contribution in [2.24, 2.45) is 17.8 Å². The molecule has 4 atom stereocenters. The zero-order valence-electron chi connectivity index (χ0n) is 14.8. The number of rotatable bonds is 7. The van der Waals surface area contributed by atoms with Gasteiger partial charge in [0.15, 0.2) is 0 Å². The fourth-order valence-electron chi connectivity index (χ4n) is 4.35. The molecule has 2 fully saturated rings. The molecule has 1 amide bonds. The van der Waals surface area contributed by atoms with Crippen LogP contribution >= 0.6 is 0 Å². The minimum atomic E-state index is 0.0107. The summed E-state index contributed by atoms with van der Waals surface area (Å²) >= 11 is 0. The van der Waals surface area contributed by atoms with Crippen molar-refractivity contribution in [2.75, 3.05) is 6.61 Å². The third-order valence-electron chi connectivity index (χ3n) is 5.59. The summed E-state index contributed by atoms with van der Waals surface area (Å²) in [5.74, 6) is 3.32. The average molecular weight is 327 g/mol. The van der Waals surface area contributed by atoms with Crippen molar-refractivity contribution < 1.29 is 9.53 Å². The van der Waals surface area contributed by atoms with Gasteiger partial charge in [-0.3, -0.25) is 4.79 Å². The van der Waals surface area contributed by atoms with Gasteiger partial charge in [-0.05, 0) is 74.1 Å². The maximum atomic E-state index is 12.2. The normalized spacial score (nSPS) is 26.7. The predicted octanol–water partition coefficient (Wildman–Crippen LogP) is 4.43. The first-order chi connectivity index (χ1) is 11.7. The Morgan fingerprint density at radius 2 is 2.08 bits per heavy atom. The fraction of sp³-hybridized carbons (Fsp3) is 0.571. The van der Waals surface area contributed by atoms with E-state index in [-0.39, 0.29) is 11.9 Å². The second kappa shape index (κ2) is 7.87. The number of carbonyl (C=O) groups excluding carboxylic acids is 1. The average Bonchev–Trinajstić information content (AvgIpc) is 3.22. The summed E-state index contributed by atoms with van der Waals surface area (Å²) in [5.41, 5.74) is 1.02. The first kappa shape index (κ1) is 17.1. The lowest BCUT2D eigenvalue weighted by molar-refractivity contribution is -0.117. The molecule has 2 bridgehead atoms. The monoisotopic (exact) mass is 327 g/mol. The number of ether oxygens (including phenoxy) is 1. The molecule has 4 unspecified atom stereocenters. The van der Waals surface area contributed by atoms with Crippen LogP contribution in [0.5, 0.6) is 5.75 Å². The molecule has 1 N–H and O–H groups in total. The third kappa shape index (κ3) is 4.19. The highest BCUT2D eigenvalue weighted by molar-refractivity contribution is 5.91. The Morgan fingerprint density at radius 1 is 1.29 bits per heavy atom. The van der Waals surface area contributed by atoms with Crippen molar-refractivity contribution >= 4 is 12.0 Å². The molecule has 3 nitrogen and oxygen atoms in total. The Balaban J connectivity index is 1.48. The quantitative estimate of drug-likeness (QED) is 0.752. The highest BCUT2D eigenvalue weighted by atomic mass is 16.5. The molecule has 2 aliphatic rings. The van der Waals surface area contributed by atoms with E-state index in [1.807, 2.05) is 30.3 Å².